The van der Waals surface area contributed by atoms with Crippen molar-refractivity contribution in [2.24, 2.45) is 7.05 Å². The van der Waals surface area contributed by atoms with Crippen molar-refractivity contribution in [2.45, 2.75) is 25.3 Å². The number of aromatic nitrogens is 5. The first-order valence-electron chi connectivity index (χ1n) is 9.89. The van der Waals surface area contributed by atoms with Crippen LogP contribution in [0.25, 0.3) is 0 Å². The molecule has 0 aromatic carbocycles. The fourth-order valence-electron chi connectivity index (χ4n) is 3.70. The molecule has 3 aromatic heterocycles. The summed E-state index contributed by atoms with van der Waals surface area (Å²) in [7, 11) is 3.52. The van der Waals surface area contributed by atoms with E-state index in [0.717, 1.165) is 11.9 Å². The molecule has 4 rings (SSSR count). The molecule has 31 heavy (non-hydrogen) atoms. The number of anilines is 3. The molecule has 0 fully saturated rings. The zero-order valence-electron chi connectivity index (χ0n) is 17.5. The van der Waals surface area contributed by atoms with Gasteiger partial charge in [-0.05, 0) is 18.6 Å². The van der Waals surface area contributed by atoms with Crippen molar-refractivity contribution in [3.63, 3.8) is 0 Å². The second-order valence-corrected chi connectivity index (χ2v) is 7.27. The van der Waals surface area contributed by atoms with Crippen LogP contribution >= 0.6 is 0 Å². The summed E-state index contributed by atoms with van der Waals surface area (Å²) in [6.07, 6.45) is 8.42. The average molecular weight is 417 g/mol. The molecule has 2 atom stereocenters. The number of carbonyl (C=O) groups excluding carboxylic acids is 1. The number of carbonyl (C=O) groups is 1. The maximum absolute atomic E-state index is 13.0. The lowest BCUT2D eigenvalue weighted by Gasteiger charge is -2.39. The molecule has 10 nitrogen and oxygen atoms in total. The van der Waals surface area contributed by atoms with Gasteiger partial charge in [0.1, 0.15) is 17.6 Å². The Morgan fingerprint density at radius 2 is 2.06 bits per heavy atom. The van der Waals surface area contributed by atoms with Gasteiger partial charge in [-0.15, -0.1) is 0 Å². The summed E-state index contributed by atoms with van der Waals surface area (Å²) in [5.41, 5.74) is 1.90. The maximum atomic E-state index is 13.0. The van der Waals surface area contributed by atoms with E-state index < -0.39 is 12.0 Å². The Morgan fingerprint density at radius 1 is 1.26 bits per heavy atom. The minimum atomic E-state index is -0.765. The minimum absolute atomic E-state index is 0.0555. The van der Waals surface area contributed by atoms with Crippen LogP contribution in [0.1, 0.15) is 30.8 Å². The Balaban J connectivity index is 1.83. The zero-order valence-corrected chi connectivity index (χ0v) is 17.5. The summed E-state index contributed by atoms with van der Waals surface area (Å²) < 4.78 is 1.67. The first kappa shape index (κ1) is 20.3. The number of hydrogen-bond donors (Lipinski definition) is 2. The van der Waals surface area contributed by atoms with Gasteiger partial charge < -0.3 is 20.6 Å². The molecule has 0 saturated heterocycles. The molecule has 3 aromatic rings. The van der Waals surface area contributed by atoms with Gasteiger partial charge in [0.2, 0.25) is 5.91 Å². The van der Waals surface area contributed by atoms with E-state index in [1.807, 2.05) is 25.1 Å². The lowest BCUT2D eigenvalue weighted by Crippen LogP contribution is -2.50. The Labute approximate surface area is 179 Å². The zero-order chi connectivity index (χ0) is 22.1. The first-order valence-corrected chi connectivity index (χ1v) is 9.89. The second kappa shape index (κ2) is 8.05. The van der Waals surface area contributed by atoms with Gasteiger partial charge in [-0.2, -0.15) is 5.10 Å². The molecule has 10 heteroatoms. The Kier molecular flexibility index (Phi) is 5.28. The van der Waals surface area contributed by atoms with Crippen molar-refractivity contribution in [3.8, 4) is 0 Å². The van der Waals surface area contributed by atoms with Gasteiger partial charge in [-0.3, -0.25) is 14.5 Å². The predicted molar refractivity (Wildman–Crippen MR) is 117 cm³/mol. The molecule has 2 N–H and O–H groups in total. The summed E-state index contributed by atoms with van der Waals surface area (Å²) in [4.78, 5) is 29.8. The van der Waals surface area contributed by atoms with Gasteiger partial charge in [0.05, 0.1) is 35.4 Å². The molecule has 0 bridgehead atoms. The molecule has 158 valence electrons. The molecule has 2 unspecified atom stereocenters. The highest BCUT2D eigenvalue weighted by Gasteiger charge is 2.39. The highest BCUT2D eigenvalue weighted by molar-refractivity contribution is 6.10. The summed E-state index contributed by atoms with van der Waals surface area (Å²) in [6, 6.07) is 4.84. The van der Waals surface area contributed by atoms with Crippen molar-refractivity contribution in [1.82, 2.24) is 24.7 Å². The number of amides is 1. The smallest absolute Gasteiger partial charge is 0.250 e. The third-order valence-electron chi connectivity index (χ3n) is 5.34. The number of fused-ring (bicyclic) bond motifs is 1. The van der Waals surface area contributed by atoms with Crippen LogP contribution in [0.3, 0.4) is 0 Å². The minimum Gasteiger partial charge on any atom is -0.312 e. The van der Waals surface area contributed by atoms with E-state index in [4.69, 9.17) is 15.8 Å². The molecule has 4 heterocycles. The monoisotopic (exact) mass is 417 g/mol. The average Bonchev–Trinajstić information content (AvgIpc) is 3.22. The van der Waals surface area contributed by atoms with Gasteiger partial charge in [0.25, 0.3) is 0 Å². The van der Waals surface area contributed by atoms with Crippen LogP contribution in [0.2, 0.25) is 0 Å². The van der Waals surface area contributed by atoms with Crippen molar-refractivity contribution < 1.29 is 4.79 Å². The number of likely N-dealkylation sites (N-methyl/N-ethyl adjacent to an activating group) is 1. The van der Waals surface area contributed by atoms with Gasteiger partial charge in [-0.1, -0.05) is 13.0 Å². The summed E-state index contributed by atoms with van der Waals surface area (Å²) >= 11 is 0. The predicted octanol–water partition coefficient (Wildman–Crippen LogP) is 2.30. The normalized spacial score (nSPS) is 16.7. The SMILES string of the molecule is CCC1C(=O)N(C)c2cnc(C(C=N)C(=N)c3ccccn3)nc2N1c1cnn(C)c1. The van der Waals surface area contributed by atoms with E-state index in [0.29, 0.717) is 29.4 Å². The van der Waals surface area contributed by atoms with Gasteiger partial charge >= 0.3 is 0 Å². The van der Waals surface area contributed by atoms with Crippen molar-refractivity contribution in [2.75, 3.05) is 16.8 Å². The van der Waals surface area contributed by atoms with Crippen LogP contribution in [-0.4, -0.2) is 55.7 Å². The molecular weight excluding hydrogens is 394 g/mol. The molecular formula is C21H23N9O. The molecule has 1 amide bonds. The lowest BCUT2D eigenvalue weighted by atomic mass is 10.00. The molecule has 0 spiro atoms. The molecule has 0 saturated carbocycles. The van der Waals surface area contributed by atoms with E-state index in [2.05, 4.69) is 15.1 Å². The number of nitrogens with one attached hydrogen (secondary N) is 2. The number of pyridine rings is 1. The number of hydrogen-bond acceptors (Lipinski definition) is 8. The first-order chi connectivity index (χ1) is 15.0. The topological polar surface area (TPSA) is 128 Å². The number of aryl methyl sites for hydroxylation is 1. The fraction of sp³-hybridized carbons (Fsp3) is 0.286. The van der Waals surface area contributed by atoms with Crippen molar-refractivity contribution in [3.05, 3.63) is 54.5 Å². The van der Waals surface area contributed by atoms with Crippen LogP contribution < -0.4 is 9.80 Å². The number of rotatable bonds is 6. The van der Waals surface area contributed by atoms with Crippen LogP contribution in [0.15, 0.2) is 43.0 Å². The molecule has 1 aliphatic rings. The van der Waals surface area contributed by atoms with Crippen molar-refractivity contribution in [1.29, 1.82) is 10.8 Å². The van der Waals surface area contributed by atoms with Crippen molar-refractivity contribution >= 4 is 35.0 Å². The van der Waals surface area contributed by atoms with Crippen LogP contribution in [0, 0.1) is 10.8 Å². The standard InChI is InChI=1S/C21H23N9O/c1-4-16-21(31)29(3)17-11-25-19(14(9-22)18(23)15-7-5-6-8-24-15)27-20(17)30(16)13-10-26-28(2)12-13/h5-12,14,16,22-23H,4H2,1-3H3. The van der Waals surface area contributed by atoms with E-state index in [1.54, 1.807) is 53.4 Å². The van der Waals surface area contributed by atoms with Crippen LogP contribution in [0.4, 0.5) is 17.2 Å². The summed E-state index contributed by atoms with van der Waals surface area (Å²) in [5.74, 6) is 0.0301. The third-order valence-corrected chi connectivity index (χ3v) is 5.34. The highest BCUT2D eigenvalue weighted by atomic mass is 16.2. The van der Waals surface area contributed by atoms with Gasteiger partial charge in [0, 0.05) is 32.7 Å². The van der Waals surface area contributed by atoms with Crippen LogP contribution in [0.5, 0.6) is 0 Å². The fourth-order valence-corrected chi connectivity index (χ4v) is 3.70. The Bertz CT molecular complexity index is 1140. The van der Waals surface area contributed by atoms with E-state index in [1.165, 1.54) is 0 Å². The summed E-state index contributed by atoms with van der Waals surface area (Å²) in [6.45, 7) is 1.95. The lowest BCUT2D eigenvalue weighted by molar-refractivity contribution is -0.119. The quantitative estimate of drug-likeness (QED) is 0.592. The number of nitrogens with zero attached hydrogens (tertiary/aromatic N) is 7. The second-order valence-electron chi connectivity index (χ2n) is 7.27. The molecule has 1 aliphatic heterocycles. The van der Waals surface area contributed by atoms with E-state index in [9.17, 15) is 4.79 Å². The van der Waals surface area contributed by atoms with Gasteiger partial charge in [-0.25, -0.2) is 9.97 Å². The third kappa shape index (κ3) is 3.45. The van der Waals surface area contributed by atoms with Gasteiger partial charge in [0.15, 0.2) is 5.82 Å². The highest BCUT2D eigenvalue weighted by Crippen LogP contribution is 2.39. The van der Waals surface area contributed by atoms with E-state index >= 15 is 0 Å². The van der Waals surface area contributed by atoms with E-state index in [-0.39, 0.29) is 11.6 Å². The summed E-state index contributed by atoms with van der Waals surface area (Å²) in [5, 5.41) is 20.7. The van der Waals surface area contributed by atoms with Crippen LogP contribution in [-0.2, 0) is 11.8 Å². The Hall–Kier alpha value is -3.95. The molecule has 0 radical (unpaired) electrons. The Morgan fingerprint density at radius 3 is 2.68 bits per heavy atom. The largest absolute Gasteiger partial charge is 0.312 e. The molecule has 0 aliphatic carbocycles. The maximum Gasteiger partial charge on any atom is 0.250 e.